The summed E-state index contributed by atoms with van der Waals surface area (Å²) in [4.78, 5) is 24.8. The summed E-state index contributed by atoms with van der Waals surface area (Å²) in [7, 11) is 1.66. The summed E-state index contributed by atoms with van der Waals surface area (Å²) in [6.07, 6.45) is 2.51. The monoisotopic (exact) mass is 243 g/mol. The van der Waals surface area contributed by atoms with Gasteiger partial charge >= 0.3 is 0 Å². The van der Waals surface area contributed by atoms with Crippen LogP contribution in [0.1, 0.15) is 33.1 Å². The van der Waals surface area contributed by atoms with Crippen LogP contribution < -0.4 is 11.1 Å². The average Bonchev–Trinajstić information content (AvgIpc) is 2.32. The van der Waals surface area contributed by atoms with Gasteiger partial charge in [-0.1, -0.05) is 13.8 Å². The zero-order valence-corrected chi connectivity index (χ0v) is 11.2. The van der Waals surface area contributed by atoms with Gasteiger partial charge in [-0.3, -0.25) is 9.59 Å². The molecule has 100 valence electrons. The van der Waals surface area contributed by atoms with E-state index in [9.17, 15) is 9.59 Å². The van der Waals surface area contributed by atoms with Crippen molar-refractivity contribution < 1.29 is 9.59 Å². The van der Waals surface area contributed by atoms with Gasteiger partial charge in [-0.25, -0.2) is 0 Å². The first-order valence-corrected chi connectivity index (χ1v) is 6.24. The van der Waals surface area contributed by atoms with Crippen molar-refractivity contribution in [2.75, 3.05) is 26.7 Å². The average molecular weight is 243 g/mol. The molecule has 0 aromatic carbocycles. The van der Waals surface area contributed by atoms with Gasteiger partial charge in [-0.05, 0) is 25.8 Å². The fourth-order valence-corrected chi connectivity index (χ4v) is 1.54. The molecule has 0 aromatic rings. The fourth-order valence-electron chi connectivity index (χ4n) is 1.54. The molecule has 0 aliphatic carbocycles. The molecule has 0 saturated carbocycles. The lowest BCUT2D eigenvalue weighted by Gasteiger charge is -2.20. The Bertz CT molecular complexity index is 244. The topological polar surface area (TPSA) is 75.4 Å². The van der Waals surface area contributed by atoms with E-state index in [1.165, 1.54) is 4.90 Å². The molecule has 5 heteroatoms. The van der Waals surface area contributed by atoms with Crippen molar-refractivity contribution in [3.8, 4) is 0 Å². The van der Waals surface area contributed by atoms with Crippen LogP contribution in [0.5, 0.6) is 0 Å². The van der Waals surface area contributed by atoms with Gasteiger partial charge in [-0.15, -0.1) is 0 Å². The molecular weight excluding hydrogens is 218 g/mol. The Balaban J connectivity index is 3.99. The first kappa shape index (κ1) is 15.9. The Kier molecular flexibility index (Phi) is 8.40. The minimum Gasteiger partial charge on any atom is -0.355 e. The van der Waals surface area contributed by atoms with Crippen LogP contribution in [-0.4, -0.2) is 43.4 Å². The maximum Gasteiger partial charge on any atom is 0.239 e. The molecule has 0 heterocycles. The van der Waals surface area contributed by atoms with Crippen LogP contribution in [0.2, 0.25) is 0 Å². The van der Waals surface area contributed by atoms with Crippen LogP contribution in [0.3, 0.4) is 0 Å². The quantitative estimate of drug-likeness (QED) is 0.646. The number of hydrogen-bond donors (Lipinski definition) is 2. The van der Waals surface area contributed by atoms with E-state index in [-0.39, 0.29) is 24.3 Å². The smallest absolute Gasteiger partial charge is 0.239 e. The molecule has 1 unspecified atom stereocenters. The van der Waals surface area contributed by atoms with Crippen LogP contribution in [0, 0.1) is 5.92 Å². The molecular formula is C12H25N3O2. The summed E-state index contributed by atoms with van der Waals surface area (Å²) in [5.41, 5.74) is 5.40. The SMILES string of the molecule is CCCNC(=O)CN(C)C(=O)C(C)CCCN. The molecule has 0 aliphatic heterocycles. The predicted molar refractivity (Wildman–Crippen MR) is 68.4 cm³/mol. The standard InChI is InChI=1S/C12H25N3O2/c1-4-8-14-11(16)9-15(3)12(17)10(2)6-5-7-13/h10H,4-9,13H2,1-3H3,(H,14,16). The highest BCUT2D eigenvalue weighted by Gasteiger charge is 2.18. The summed E-state index contributed by atoms with van der Waals surface area (Å²) >= 11 is 0. The Hall–Kier alpha value is -1.10. The maximum absolute atomic E-state index is 11.9. The van der Waals surface area contributed by atoms with Gasteiger partial charge in [0.05, 0.1) is 6.54 Å². The molecule has 3 N–H and O–H groups in total. The molecule has 0 bridgehead atoms. The number of nitrogens with zero attached hydrogens (tertiary/aromatic N) is 1. The van der Waals surface area contributed by atoms with Gasteiger partial charge in [0.1, 0.15) is 0 Å². The molecule has 0 rings (SSSR count). The normalized spacial score (nSPS) is 12.0. The van der Waals surface area contributed by atoms with Crippen LogP contribution in [0.15, 0.2) is 0 Å². The van der Waals surface area contributed by atoms with E-state index in [0.717, 1.165) is 19.3 Å². The highest BCUT2D eigenvalue weighted by atomic mass is 16.2. The molecule has 0 saturated heterocycles. The third kappa shape index (κ3) is 6.94. The van der Waals surface area contributed by atoms with E-state index in [1.54, 1.807) is 7.05 Å². The molecule has 0 aliphatic rings. The first-order valence-electron chi connectivity index (χ1n) is 6.24. The summed E-state index contributed by atoms with van der Waals surface area (Å²) in [5, 5.41) is 2.75. The minimum absolute atomic E-state index is 0.00472. The Morgan fingerprint density at radius 1 is 1.41 bits per heavy atom. The van der Waals surface area contributed by atoms with E-state index < -0.39 is 0 Å². The number of hydrogen-bond acceptors (Lipinski definition) is 3. The lowest BCUT2D eigenvalue weighted by molar-refractivity contribution is -0.137. The number of likely N-dealkylation sites (N-methyl/N-ethyl adjacent to an activating group) is 1. The van der Waals surface area contributed by atoms with Crippen LogP contribution in [0.25, 0.3) is 0 Å². The van der Waals surface area contributed by atoms with Gasteiger partial charge in [0.2, 0.25) is 11.8 Å². The van der Waals surface area contributed by atoms with Crippen molar-refractivity contribution in [3.05, 3.63) is 0 Å². The molecule has 1 atom stereocenters. The maximum atomic E-state index is 11.9. The van der Waals surface area contributed by atoms with Gasteiger partial charge in [0.25, 0.3) is 0 Å². The predicted octanol–water partition coefficient (Wildman–Crippen LogP) is 0.346. The lowest BCUT2D eigenvalue weighted by atomic mass is 10.0. The fraction of sp³-hybridized carbons (Fsp3) is 0.833. The molecule has 0 aromatic heterocycles. The summed E-state index contributed by atoms with van der Waals surface area (Å²) in [6, 6.07) is 0. The van der Waals surface area contributed by atoms with E-state index in [0.29, 0.717) is 13.1 Å². The van der Waals surface area contributed by atoms with Crippen molar-refractivity contribution in [3.63, 3.8) is 0 Å². The number of carbonyl (C=O) groups excluding carboxylic acids is 2. The van der Waals surface area contributed by atoms with Gasteiger partial charge < -0.3 is 16.0 Å². The first-order chi connectivity index (χ1) is 8.02. The lowest BCUT2D eigenvalue weighted by Crippen LogP contribution is -2.40. The van der Waals surface area contributed by atoms with Gasteiger partial charge in [0, 0.05) is 19.5 Å². The largest absolute Gasteiger partial charge is 0.355 e. The summed E-state index contributed by atoms with van der Waals surface area (Å²) in [6.45, 7) is 5.25. The van der Waals surface area contributed by atoms with Crippen molar-refractivity contribution >= 4 is 11.8 Å². The van der Waals surface area contributed by atoms with Crippen LogP contribution in [0.4, 0.5) is 0 Å². The zero-order chi connectivity index (χ0) is 13.3. The van der Waals surface area contributed by atoms with Crippen LogP contribution >= 0.6 is 0 Å². The third-order valence-corrected chi connectivity index (χ3v) is 2.59. The van der Waals surface area contributed by atoms with Crippen molar-refractivity contribution in [2.45, 2.75) is 33.1 Å². The summed E-state index contributed by atoms with van der Waals surface area (Å²) in [5.74, 6) is -0.165. The third-order valence-electron chi connectivity index (χ3n) is 2.59. The molecule has 0 radical (unpaired) electrons. The number of carbonyl (C=O) groups is 2. The van der Waals surface area contributed by atoms with Crippen LogP contribution in [-0.2, 0) is 9.59 Å². The van der Waals surface area contributed by atoms with E-state index in [4.69, 9.17) is 5.73 Å². The second kappa shape index (κ2) is 8.98. The zero-order valence-electron chi connectivity index (χ0n) is 11.2. The van der Waals surface area contributed by atoms with Gasteiger partial charge in [0.15, 0.2) is 0 Å². The van der Waals surface area contributed by atoms with E-state index in [1.807, 2.05) is 13.8 Å². The number of amides is 2. The molecule has 0 fully saturated rings. The molecule has 0 spiro atoms. The minimum atomic E-state index is -0.103. The Labute approximate surface area is 104 Å². The molecule has 17 heavy (non-hydrogen) atoms. The van der Waals surface area contributed by atoms with Crippen molar-refractivity contribution in [1.29, 1.82) is 0 Å². The van der Waals surface area contributed by atoms with Crippen molar-refractivity contribution in [1.82, 2.24) is 10.2 Å². The number of nitrogens with two attached hydrogens (primary N) is 1. The number of rotatable bonds is 8. The molecule has 5 nitrogen and oxygen atoms in total. The highest BCUT2D eigenvalue weighted by molar-refractivity contribution is 5.85. The Morgan fingerprint density at radius 3 is 2.59 bits per heavy atom. The second-order valence-electron chi connectivity index (χ2n) is 4.38. The number of nitrogens with one attached hydrogen (secondary N) is 1. The molecule has 2 amide bonds. The summed E-state index contributed by atoms with van der Waals surface area (Å²) < 4.78 is 0. The highest BCUT2D eigenvalue weighted by Crippen LogP contribution is 2.07. The Morgan fingerprint density at radius 2 is 2.06 bits per heavy atom. The van der Waals surface area contributed by atoms with E-state index in [2.05, 4.69) is 5.32 Å². The van der Waals surface area contributed by atoms with Crippen molar-refractivity contribution in [2.24, 2.45) is 11.7 Å². The van der Waals surface area contributed by atoms with Gasteiger partial charge in [-0.2, -0.15) is 0 Å². The van der Waals surface area contributed by atoms with E-state index >= 15 is 0 Å². The second-order valence-corrected chi connectivity index (χ2v) is 4.38.